The van der Waals surface area contributed by atoms with E-state index in [0.29, 0.717) is 12.2 Å². The van der Waals surface area contributed by atoms with Gasteiger partial charge in [-0.2, -0.15) is 0 Å². The average Bonchev–Trinajstić information content (AvgIpc) is 3.11. The van der Waals surface area contributed by atoms with E-state index in [1.807, 2.05) is 17.0 Å². The van der Waals surface area contributed by atoms with Crippen LogP contribution in [-0.2, 0) is 13.0 Å². The summed E-state index contributed by atoms with van der Waals surface area (Å²) in [6.45, 7) is 8.98. The second-order valence-corrected chi connectivity index (χ2v) is 7.54. The maximum absolute atomic E-state index is 12.6. The number of likely N-dealkylation sites (N-methyl/N-ethyl adjacent to an activating group) is 1. The second-order valence-electron chi connectivity index (χ2n) is 6.48. The van der Waals surface area contributed by atoms with Gasteiger partial charge in [0.25, 0.3) is 5.91 Å². The molecule has 1 fully saturated rings. The number of aromatic nitrogens is 2. The van der Waals surface area contributed by atoms with Gasteiger partial charge in [0.2, 0.25) is 0 Å². The molecule has 1 saturated heterocycles. The highest BCUT2D eigenvalue weighted by atomic mass is 32.1. The van der Waals surface area contributed by atoms with Crippen LogP contribution < -0.4 is 4.90 Å². The first-order valence-electron chi connectivity index (χ1n) is 8.91. The SMILES string of the molecule is CCN1CCN(c2nc3c(s2)CN(C(=O)c2ccccn2)CC3)CC1. The average molecular weight is 357 g/mol. The number of carbonyl (C=O) groups is 1. The third kappa shape index (κ3) is 3.39. The fourth-order valence-corrected chi connectivity index (χ4v) is 4.57. The number of piperazine rings is 1. The predicted molar refractivity (Wildman–Crippen MR) is 99.1 cm³/mol. The Balaban J connectivity index is 1.45. The lowest BCUT2D eigenvalue weighted by Crippen LogP contribution is -2.46. The van der Waals surface area contributed by atoms with Gasteiger partial charge in [0.1, 0.15) is 5.69 Å². The molecule has 2 aromatic heterocycles. The molecule has 132 valence electrons. The summed E-state index contributed by atoms with van der Waals surface area (Å²) >= 11 is 1.75. The largest absolute Gasteiger partial charge is 0.346 e. The maximum atomic E-state index is 12.6. The maximum Gasteiger partial charge on any atom is 0.272 e. The highest BCUT2D eigenvalue weighted by Gasteiger charge is 2.27. The number of carbonyl (C=O) groups excluding carboxylic acids is 1. The van der Waals surface area contributed by atoms with Crippen molar-refractivity contribution < 1.29 is 4.79 Å². The lowest BCUT2D eigenvalue weighted by molar-refractivity contribution is 0.0730. The number of pyridine rings is 1. The molecule has 1 amide bonds. The molecule has 6 nitrogen and oxygen atoms in total. The molecule has 0 aromatic carbocycles. The van der Waals surface area contributed by atoms with Gasteiger partial charge in [-0.25, -0.2) is 4.98 Å². The van der Waals surface area contributed by atoms with Gasteiger partial charge in [-0.1, -0.05) is 24.3 Å². The van der Waals surface area contributed by atoms with E-state index in [4.69, 9.17) is 4.98 Å². The molecule has 2 aromatic rings. The first-order valence-corrected chi connectivity index (χ1v) is 9.72. The fraction of sp³-hybridized carbons (Fsp3) is 0.500. The van der Waals surface area contributed by atoms with E-state index in [-0.39, 0.29) is 5.91 Å². The van der Waals surface area contributed by atoms with Gasteiger partial charge in [0.05, 0.1) is 12.2 Å². The number of rotatable bonds is 3. The number of amides is 1. The molecule has 4 rings (SSSR count). The molecule has 0 atom stereocenters. The van der Waals surface area contributed by atoms with Crippen LogP contribution in [0.3, 0.4) is 0 Å². The summed E-state index contributed by atoms with van der Waals surface area (Å²) in [5, 5.41) is 1.12. The molecule has 0 spiro atoms. The highest BCUT2D eigenvalue weighted by Crippen LogP contribution is 2.31. The molecule has 2 aliphatic rings. The van der Waals surface area contributed by atoms with Crippen molar-refractivity contribution in [1.29, 1.82) is 0 Å². The third-order valence-electron chi connectivity index (χ3n) is 4.98. The van der Waals surface area contributed by atoms with Crippen molar-refractivity contribution in [3.05, 3.63) is 40.7 Å². The summed E-state index contributed by atoms with van der Waals surface area (Å²) < 4.78 is 0. The van der Waals surface area contributed by atoms with Crippen LogP contribution in [0.5, 0.6) is 0 Å². The fourth-order valence-electron chi connectivity index (χ4n) is 3.40. The van der Waals surface area contributed by atoms with Gasteiger partial charge in [-0.3, -0.25) is 9.78 Å². The van der Waals surface area contributed by atoms with Gasteiger partial charge >= 0.3 is 0 Å². The zero-order chi connectivity index (χ0) is 17.2. The molecule has 0 radical (unpaired) electrons. The minimum absolute atomic E-state index is 0.0118. The van der Waals surface area contributed by atoms with Crippen LogP contribution in [0, 0.1) is 0 Å². The smallest absolute Gasteiger partial charge is 0.272 e. The van der Waals surface area contributed by atoms with E-state index in [1.165, 1.54) is 10.6 Å². The van der Waals surface area contributed by atoms with Crippen LogP contribution in [0.15, 0.2) is 24.4 Å². The van der Waals surface area contributed by atoms with Crippen LogP contribution in [0.4, 0.5) is 5.13 Å². The molecule has 2 aliphatic heterocycles. The summed E-state index contributed by atoms with van der Waals surface area (Å²) in [7, 11) is 0. The zero-order valence-corrected chi connectivity index (χ0v) is 15.3. The van der Waals surface area contributed by atoms with Gasteiger partial charge in [-0.15, -0.1) is 0 Å². The Morgan fingerprint density at radius 2 is 2.04 bits per heavy atom. The number of nitrogens with zero attached hydrogens (tertiary/aromatic N) is 5. The van der Waals surface area contributed by atoms with E-state index >= 15 is 0 Å². The number of anilines is 1. The number of hydrogen-bond acceptors (Lipinski definition) is 6. The summed E-state index contributed by atoms with van der Waals surface area (Å²) in [5.74, 6) is 0.0118. The van der Waals surface area contributed by atoms with Crippen LogP contribution in [0.2, 0.25) is 0 Å². The first-order chi connectivity index (χ1) is 12.2. The molecule has 0 aliphatic carbocycles. The topological polar surface area (TPSA) is 52.6 Å². The van der Waals surface area contributed by atoms with Crippen LogP contribution in [-0.4, -0.2) is 64.9 Å². The molecule has 0 saturated carbocycles. The quantitative estimate of drug-likeness (QED) is 0.840. The minimum atomic E-state index is 0.0118. The lowest BCUT2D eigenvalue weighted by atomic mass is 10.1. The summed E-state index contributed by atoms with van der Waals surface area (Å²) in [6, 6.07) is 5.47. The van der Waals surface area contributed by atoms with Gasteiger partial charge in [0.15, 0.2) is 5.13 Å². The molecule has 7 heteroatoms. The molecule has 25 heavy (non-hydrogen) atoms. The van der Waals surface area contributed by atoms with E-state index in [0.717, 1.165) is 50.8 Å². The van der Waals surface area contributed by atoms with E-state index < -0.39 is 0 Å². The zero-order valence-electron chi connectivity index (χ0n) is 14.5. The van der Waals surface area contributed by atoms with Crippen LogP contribution >= 0.6 is 11.3 Å². The van der Waals surface area contributed by atoms with E-state index in [9.17, 15) is 4.79 Å². The Morgan fingerprint density at radius 3 is 2.76 bits per heavy atom. The molecular formula is C18H23N5OS. The Morgan fingerprint density at radius 1 is 1.20 bits per heavy atom. The van der Waals surface area contributed by atoms with Crippen molar-refractivity contribution in [2.75, 3.05) is 44.2 Å². The lowest BCUT2D eigenvalue weighted by Gasteiger charge is -2.33. The number of fused-ring (bicyclic) bond motifs is 1. The monoisotopic (exact) mass is 357 g/mol. The normalized spacial score (nSPS) is 18.3. The molecule has 0 unspecified atom stereocenters. The van der Waals surface area contributed by atoms with Crippen LogP contribution in [0.25, 0.3) is 0 Å². The van der Waals surface area contributed by atoms with Crippen molar-refractivity contribution in [3.8, 4) is 0 Å². The summed E-state index contributed by atoms with van der Waals surface area (Å²) in [4.78, 5) is 29.6. The summed E-state index contributed by atoms with van der Waals surface area (Å²) in [6.07, 6.45) is 2.50. The molecule has 4 heterocycles. The van der Waals surface area contributed by atoms with Crippen molar-refractivity contribution in [2.24, 2.45) is 0 Å². The third-order valence-corrected chi connectivity index (χ3v) is 6.12. The molecule has 0 N–H and O–H groups in total. The molecule has 0 bridgehead atoms. The molecular weight excluding hydrogens is 334 g/mol. The Kier molecular flexibility index (Phi) is 4.67. The predicted octanol–water partition coefficient (Wildman–Crippen LogP) is 1.88. The van der Waals surface area contributed by atoms with Crippen molar-refractivity contribution in [1.82, 2.24) is 19.8 Å². The Hall–Kier alpha value is -1.99. The highest BCUT2D eigenvalue weighted by molar-refractivity contribution is 7.15. The van der Waals surface area contributed by atoms with Crippen molar-refractivity contribution >= 4 is 22.4 Å². The standard InChI is InChI=1S/C18H23N5OS/c1-2-21-9-11-22(12-10-21)18-20-14-6-8-23(13-16(14)25-18)17(24)15-5-3-4-7-19-15/h3-5,7H,2,6,8-13H2,1H3. The van der Waals surface area contributed by atoms with Crippen molar-refractivity contribution in [3.63, 3.8) is 0 Å². The second kappa shape index (κ2) is 7.09. The Labute approximate surface area is 152 Å². The van der Waals surface area contributed by atoms with Gasteiger partial charge in [0, 0.05) is 50.2 Å². The summed E-state index contributed by atoms with van der Waals surface area (Å²) in [5.41, 5.74) is 1.69. The van der Waals surface area contributed by atoms with Crippen molar-refractivity contribution in [2.45, 2.75) is 19.9 Å². The van der Waals surface area contributed by atoms with E-state index in [2.05, 4.69) is 21.7 Å². The number of hydrogen-bond donors (Lipinski definition) is 0. The Bertz CT molecular complexity index is 739. The van der Waals surface area contributed by atoms with Gasteiger partial charge < -0.3 is 14.7 Å². The van der Waals surface area contributed by atoms with Gasteiger partial charge in [-0.05, 0) is 18.7 Å². The first kappa shape index (κ1) is 16.5. The number of thiazole rings is 1. The van der Waals surface area contributed by atoms with E-state index in [1.54, 1.807) is 23.6 Å². The minimum Gasteiger partial charge on any atom is -0.346 e. The van der Waals surface area contributed by atoms with Crippen LogP contribution in [0.1, 0.15) is 28.0 Å².